The monoisotopic (exact) mass is 325 g/mol. The summed E-state index contributed by atoms with van der Waals surface area (Å²) >= 11 is 0. The Morgan fingerprint density at radius 2 is 2.04 bits per heavy atom. The molecule has 0 spiro atoms. The number of nitrogens with one attached hydrogen (secondary N) is 1. The van der Waals surface area contributed by atoms with Crippen molar-refractivity contribution in [3.8, 4) is 0 Å². The van der Waals surface area contributed by atoms with Gasteiger partial charge >= 0.3 is 0 Å². The predicted octanol–water partition coefficient (Wildman–Crippen LogP) is 2.11. The molecule has 2 atom stereocenters. The van der Waals surface area contributed by atoms with E-state index in [0.29, 0.717) is 12.4 Å². The second kappa shape index (κ2) is 6.54. The van der Waals surface area contributed by atoms with E-state index in [4.69, 9.17) is 4.74 Å². The van der Waals surface area contributed by atoms with Crippen molar-refractivity contribution in [2.75, 3.05) is 11.9 Å². The normalized spacial score (nSPS) is 20.5. The molecule has 1 aliphatic heterocycles. The number of aromatic nitrogens is 4. The molecule has 0 amide bonds. The summed E-state index contributed by atoms with van der Waals surface area (Å²) in [5, 5.41) is 12.6. The first kappa shape index (κ1) is 15.0. The van der Waals surface area contributed by atoms with Crippen LogP contribution in [0.5, 0.6) is 0 Å². The van der Waals surface area contributed by atoms with E-state index in [1.807, 2.05) is 22.8 Å². The van der Waals surface area contributed by atoms with Crippen LogP contribution in [0.1, 0.15) is 24.6 Å². The lowest BCUT2D eigenvalue weighted by atomic mass is 10.2. The van der Waals surface area contributed by atoms with E-state index in [0.717, 1.165) is 24.0 Å². The van der Waals surface area contributed by atoms with Crippen molar-refractivity contribution in [1.29, 1.82) is 0 Å². The highest BCUT2D eigenvalue weighted by Gasteiger charge is 2.27. The predicted molar refractivity (Wildman–Crippen MR) is 89.3 cm³/mol. The summed E-state index contributed by atoms with van der Waals surface area (Å²) in [5.74, 6) is 0.708. The van der Waals surface area contributed by atoms with Crippen LogP contribution in [0.15, 0.2) is 43.0 Å². The Morgan fingerprint density at radius 3 is 2.83 bits per heavy atom. The van der Waals surface area contributed by atoms with Crippen LogP contribution in [0.2, 0.25) is 0 Å². The third kappa shape index (κ3) is 2.83. The minimum absolute atomic E-state index is 0.0436. The van der Waals surface area contributed by atoms with E-state index < -0.39 is 0 Å². The van der Waals surface area contributed by atoms with E-state index in [-0.39, 0.29) is 18.9 Å². The minimum Gasteiger partial charge on any atom is -0.394 e. The lowest BCUT2D eigenvalue weighted by molar-refractivity contribution is -0.0207. The number of ether oxygens (including phenoxy) is 1. The number of hydrogen-bond acceptors (Lipinski definition) is 6. The molecule has 0 radical (unpaired) electrons. The number of nitrogens with zero attached hydrogens (tertiary/aromatic N) is 4. The molecule has 1 saturated heterocycles. The van der Waals surface area contributed by atoms with Crippen molar-refractivity contribution in [3.63, 3.8) is 0 Å². The molecule has 7 heteroatoms. The highest BCUT2D eigenvalue weighted by molar-refractivity contribution is 5.82. The van der Waals surface area contributed by atoms with Gasteiger partial charge < -0.3 is 15.2 Å². The van der Waals surface area contributed by atoms with Crippen LogP contribution in [0.25, 0.3) is 11.2 Å². The van der Waals surface area contributed by atoms with Crippen molar-refractivity contribution in [2.24, 2.45) is 0 Å². The highest BCUT2D eigenvalue weighted by Crippen LogP contribution is 2.31. The van der Waals surface area contributed by atoms with E-state index in [9.17, 15) is 5.11 Å². The smallest absolute Gasteiger partial charge is 0.167 e. The molecule has 7 nitrogen and oxygen atoms in total. The van der Waals surface area contributed by atoms with E-state index in [1.54, 1.807) is 6.33 Å². The molecule has 0 bridgehead atoms. The lowest BCUT2D eigenvalue weighted by Crippen LogP contribution is -2.14. The zero-order valence-electron chi connectivity index (χ0n) is 13.2. The van der Waals surface area contributed by atoms with Gasteiger partial charge in [-0.15, -0.1) is 0 Å². The van der Waals surface area contributed by atoms with Gasteiger partial charge in [-0.05, 0) is 18.4 Å². The number of anilines is 1. The van der Waals surface area contributed by atoms with Crippen molar-refractivity contribution in [1.82, 2.24) is 19.5 Å². The second-order valence-electron chi connectivity index (χ2n) is 5.86. The van der Waals surface area contributed by atoms with Gasteiger partial charge in [-0.25, -0.2) is 15.0 Å². The summed E-state index contributed by atoms with van der Waals surface area (Å²) in [6.45, 7) is 0.717. The molecule has 1 fully saturated rings. The fourth-order valence-electron chi connectivity index (χ4n) is 3.00. The van der Waals surface area contributed by atoms with Gasteiger partial charge in [0.15, 0.2) is 17.0 Å². The van der Waals surface area contributed by atoms with Gasteiger partial charge in [0.1, 0.15) is 12.6 Å². The van der Waals surface area contributed by atoms with Gasteiger partial charge in [-0.1, -0.05) is 30.3 Å². The summed E-state index contributed by atoms with van der Waals surface area (Å²) in [6.07, 6.45) is 4.71. The standard InChI is InChI=1S/C17H19N5O2/c23-9-13-6-7-14(24-13)22-11-21-15-16(19-10-20-17(15)22)18-8-12-4-2-1-3-5-12/h1-5,10-11,13-14,23H,6-9H2,(H,18,19,20)/t13?,14-/m1/s1. The summed E-state index contributed by atoms with van der Waals surface area (Å²) in [5.41, 5.74) is 2.64. The SMILES string of the molecule is OCC1CC[C@H](n2cnc3c(NCc4ccccc4)ncnc32)O1. The highest BCUT2D eigenvalue weighted by atomic mass is 16.5. The maximum absolute atomic E-state index is 9.23. The third-order valence-electron chi connectivity index (χ3n) is 4.26. The Labute approximate surface area is 139 Å². The fourth-order valence-corrected chi connectivity index (χ4v) is 3.00. The molecule has 3 heterocycles. The van der Waals surface area contributed by atoms with Crippen LogP contribution >= 0.6 is 0 Å². The zero-order valence-corrected chi connectivity index (χ0v) is 13.2. The number of aliphatic hydroxyl groups excluding tert-OH is 1. The molecule has 0 aliphatic carbocycles. The van der Waals surface area contributed by atoms with Crippen molar-refractivity contribution >= 4 is 17.0 Å². The van der Waals surface area contributed by atoms with E-state index in [2.05, 4.69) is 32.4 Å². The number of benzene rings is 1. The van der Waals surface area contributed by atoms with Crippen LogP contribution < -0.4 is 5.32 Å². The lowest BCUT2D eigenvalue weighted by Gasteiger charge is -2.14. The van der Waals surface area contributed by atoms with Gasteiger partial charge in [0.25, 0.3) is 0 Å². The van der Waals surface area contributed by atoms with Crippen LogP contribution in [-0.4, -0.2) is 37.3 Å². The molecule has 4 rings (SSSR count). The number of aliphatic hydroxyl groups is 1. The topological polar surface area (TPSA) is 85.1 Å². The average molecular weight is 325 g/mol. The van der Waals surface area contributed by atoms with Crippen molar-refractivity contribution in [2.45, 2.75) is 31.7 Å². The molecular formula is C17H19N5O2. The fraction of sp³-hybridized carbons (Fsp3) is 0.353. The third-order valence-corrected chi connectivity index (χ3v) is 4.26. The number of imidazole rings is 1. The average Bonchev–Trinajstić information content (AvgIpc) is 3.27. The summed E-state index contributed by atoms with van der Waals surface area (Å²) in [6, 6.07) is 10.1. The van der Waals surface area contributed by atoms with Crippen molar-refractivity contribution < 1.29 is 9.84 Å². The van der Waals surface area contributed by atoms with Crippen LogP contribution in [0.4, 0.5) is 5.82 Å². The molecule has 0 saturated carbocycles. The van der Waals surface area contributed by atoms with Crippen LogP contribution in [0, 0.1) is 0 Å². The first-order valence-electron chi connectivity index (χ1n) is 8.07. The van der Waals surface area contributed by atoms with Gasteiger partial charge in [0.2, 0.25) is 0 Å². The van der Waals surface area contributed by atoms with Crippen LogP contribution in [-0.2, 0) is 11.3 Å². The van der Waals surface area contributed by atoms with Crippen LogP contribution in [0.3, 0.4) is 0 Å². The Bertz CT molecular complexity index is 820. The molecule has 1 unspecified atom stereocenters. The molecular weight excluding hydrogens is 306 g/mol. The largest absolute Gasteiger partial charge is 0.394 e. The summed E-state index contributed by atoms with van der Waals surface area (Å²) < 4.78 is 7.74. The number of rotatable bonds is 5. The maximum atomic E-state index is 9.23. The molecule has 1 aromatic carbocycles. The molecule has 1 aliphatic rings. The Hall–Kier alpha value is -2.51. The molecule has 3 aromatic rings. The van der Waals surface area contributed by atoms with Gasteiger partial charge in [-0.3, -0.25) is 4.57 Å². The Morgan fingerprint density at radius 1 is 1.17 bits per heavy atom. The second-order valence-corrected chi connectivity index (χ2v) is 5.86. The molecule has 124 valence electrons. The summed E-state index contributed by atoms with van der Waals surface area (Å²) in [7, 11) is 0. The Balaban J connectivity index is 1.57. The quantitative estimate of drug-likeness (QED) is 0.747. The zero-order chi connectivity index (χ0) is 16.4. The maximum Gasteiger partial charge on any atom is 0.167 e. The Kier molecular flexibility index (Phi) is 4.10. The molecule has 24 heavy (non-hydrogen) atoms. The van der Waals surface area contributed by atoms with Gasteiger partial charge in [0.05, 0.1) is 19.0 Å². The summed E-state index contributed by atoms with van der Waals surface area (Å²) in [4.78, 5) is 13.1. The minimum atomic E-state index is -0.135. The number of hydrogen-bond donors (Lipinski definition) is 2. The molecule has 2 aromatic heterocycles. The first-order valence-corrected chi connectivity index (χ1v) is 8.07. The van der Waals surface area contributed by atoms with E-state index >= 15 is 0 Å². The van der Waals surface area contributed by atoms with Gasteiger partial charge in [0, 0.05) is 6.54 Å². The van der Waals surface area contributed by atoms with Gasteiger partial charge in [-0.2, -0.15) is 0 Å². The van der Waals surface area contributed by atoms with Crippen molar-refractivity contribution in [3.05, 3.63) is 48.5 Å². The molecule has 2 N–H and O–H groups in total. The van der Waals surface area contributed by atoms with E-state index in [1.165, 1.54) is 11.9 Å². The number of fused-ring (bicyclic) bond motifs is 1. The first-order chi connectivity index (χ1) is 11.8.